The van der Waals surface area contributed by atoms with Crippen LogP contribution in [0.25, 0.3) is 16.9 Å². The van der Waals surface area contributed by atoms with Crippen LogP contribution in [-0.4, -0.2) is 16.0 Å². The van der Waals surface area contributed by atoms with Crippen molar-refractivity contribution in [1.82, 2.24) is 9.38 Å². The van der Waals surface area contributed by atoms with E-state index in [0.29, 0.717) is 6.61 Å². The highest BCUT2D eigenvalue weighted by molar-refractivity contribution is 5.69. The Hall–Kier alpha value is -3.06. The van der Waals surface area contributed by atoms with Gasteiger partial charge in [-0.1, -0.05) is 12.6 Å². The predicted molar refractivity (Wildman–Crippen MR) is 99.7 cm³/mol. The molecule has 3 rings (SSSR count). The maximum absolute atomic E-state index is 9.45. The molecule has 4 nitrogen and oxygen atoms in total. The SMILES string of the molecule is C=C(C)COc1ccc(-c2nc3c(C)cccn3c2C(C)C#N)cc1. The van der Waals surface area contributed by atoms with Crippen LogP contribution in [0.3, 0.4) is 0 Å². The molecule has 0 radical (unpaired) electrons. The van der Waals surface area contributed by atoms with Gasteiger partial charge in [-0.15, -0.1) is 0 Å². The number of hydrogen-bond acceptors (Lipinski definition) is 3. The molecular formula is C21H21N3O. The Labute approximate surface area is 148 Å². The first kappa shape index (κ1) is 16.8. The number of benzene rings is 1. The molecule has 0 aliphatic rings. The van der Waals surface area contributed by atoms with Crippen LogP contribution in [0.4, 0.5) is 0 Å². The second kappa shape index (κ2) is 6.82. The number of rotatable bonds is 5. The minimum atomic E-state index is -0.258. The lowest BCUT2D eigenvalue weighted by molar-refractivity contribution is 0.353. The van der Waals surface area contributed by atoms with Crippen LogP contribution in [0.2, 0.25) is 0 Å². The zero-order valence-electron chi connectivity index (χ0n) is 14.8. The van der Waals surface area contributed by atoms with Gasteiger partial charge in [0.25, 0.3) is 0 Å². The van der Waals surface area contributed by atoms with Crippen molar-refractivity contribution in [2.45, 2.75) is 26.7 Å². The molecule has 2 aromatic heterocycles. The number of hydrogen-bond donors (Lipinski definition) is 0. The lowest BCUT2D eigenvalue weighted by atomic mass is 10.0. The molecule has 4 heteroatoms. The molecule has 2 heterocycles. The summed E-state index contributed by atoms with van der Waals surface area (Å²) >= 11 is 0. The first-order valence-electron chi connectivity index (χ1n) is 8.26. The first-order valence-corrected chi connectivity index (χ1v) is 8.26. The highest BCUT2D eigenvalue weighted by Gasteiger charge is 2.20. The van der Waals surface area contributed by atoms with Crippen molar-refractivity contribution in [3.05, 3.63) is 66.0 Å². The van der Waals surface area contributed by atoms with Gasteiger partial charge < -0.3 is 9.14 Å². The molecule has 0 saturated carbocycles. The minimum absolute atomic E-state index is 0.258. The molecule has 1 aromatic carbocycles. The second-order valence-electron chi connectivity index (χ2n) is 6.35. The average Bonchev–Trinajstić information content (AvgIpc) is 3.00. The summed E-state index contributed by atoms with van der Waals surface area (Å²) in [6.45, 7) is 10.2. The standard InChI is InChI=1S/C21H21N3O/c1-14(2)13-25-18-9-7-17(8-10-18)19-20(16(4)12-22)24-11-5-6-15(3)21(24)23-19/h5-11,16H,1,13H2,2-4H3. The summed E-state index contributed by atoms with van der Waals surface area (Å²) in [5.74, 6) is 0.535. The zero-order chi connectivity index (χ0) is 18.0. The van der Waals surface area contributed by atoms with E-state index in [0.717, 1.165) is 39.5 Å². The number of nitriles is 1. The molecule has 0 saturated heterocycles. The van der Waals surface area contributed by atoms with Crippen molar-refractivity contribution in [3.8, 4) is 23.1 Å². The van der Waals surface area contributed by atoms with Crippen LogP contribution in [0, 0.1) is 18.3 Å². The Morgan fingerprint density at radius 2 is 2.04 bits per heavy atom. The van der Waals surface area contributed by atoms with Gasteiger partial charge in [-0.05, 0) is 62.2 Å². The molecule has 0 aliphatic carbocycles. The second-order valence-corrected chi connectivity index (χ2v) is 6.35. The van der Waals surface area contributed by atoms with Gasteiger partial charge >= 0.3 is 0 Å². The van der Waals surface area contributed by atoms with Crippen molar-refractivity contribution < 1.29 is 4.74 Å². The minimum Gasteiger partial charge on any atom is -0.489 e. The number of nitrogens with zero attached hydrogens (tertiary/aromatic N) is 3. The van der Waals surface area contributed by atoms with E-state index in [1.165, 1.54) is 0 Å². The highest BCUT2D eigenvalue weighted by Crippen LogP contribution is 2.31. The fraction of sp³-hybridized carbons (Fsp3) is 0.238. The smallest absolute Gasteiger partial charge is 0.140 e. The molecule has 0 N–H and O–H groups in total. The van der Waals surface area contributed by atoms with Crippen LogP contribution in [0.1, 0.15) is 31.0 Å². The summed E-state index contributed by atoms with van der Waals surface area (Å²) < 4.78 is 7.68. The van der Waals surface area contributed by atoms with E-state index < -0.39 is 0 Å². The monoisotopic (exact) mass is 331 g/mol. The Morgan fingerprint density at radius 1 is 1.32 bits per heavy atom. The van der Waals surface area contributed by atoms with Crippen molar-refractivity contribution in [1.29, 1.82) is 5.26 Å². The first-order chi connectivity index (χ1) is 12.0. The largest absolute Gasteiger partial charge is 0.489 e. The fourth-order valence-corrected chi connectivity index (χ4v) is 2.83. The lowest BCUT2D eigenvalue weighted by Crippen LogP contribution is -1.99. The molecule has 1 unspecified atom stereocenters. The van der Waals surface area contributed by atoms with Gasteiger partial charge in [0.15, 0.2) is 0 Å². The maximum Gasteiger partial charge on any atom is 0.140 e. The number of aryl methyl sites for hydroxylation is 1. The van der Waals surface area contributed by atoms with Gasteiger partial charge in [-0.2, -0.15) is 5.26 Å². The van der Waals surface area contributed by atoms with E-state index in [1.807, 2.05) is 67.8 Å². The Balaban J connectivity index is 2.07. The quantitative estimate of drug-likeness (QED) is 0.625. The third kappa shape index (κ3) is 3.27. The van der Waals surface area contributed by atoms with Crippen molar-refractivity contribution >= 4 is 5.65 Å². The molecule has 0 amide bonds. The van der Waals surface area contributed by atoms with Gasteiger partial charge in [0, 0.05) is 11.8 Å². The summed E-state index contributed by atoms with van der Waals surface area (Å²) in [7, 11) is 0. The molecule has 1 atom stereocenters. The van der Waals surface area contributed by atoms with Gasteiger partial charge in [0.1, 0.15) is 18.0 Å². The van der Waals surface area contributed by atoms with E-state index in [2.05, 4.69) is 12.6 Å². The van der Waals surface area contributed by atoms with Crippen LogP contribution in [0.5, 0.6) is 5.75 Å². The van der Waals surface area contributed by atoms with E-state index in [1.54, 1.807) is 0 Å². The number of imidazole rings is 1. The van der Waals surface area contributed by atoms with Crippen molar-refractivity contribution in [2.24, 2.45) is 0 Å². The van der Waals surface area contributed by atoms with E-state index in [9.17, 15) is 5.26 Å². The summed E-state index contributed by atoms with van der Waals surface area (Å²) in [5, 5.41) is 9.45. The Morgan fingerprint density at radius 3 is 2.68 bits per heavy atom. The van der Waals surface area contributed by atoms with Gasteiger partial charge in [-0.3, -0.25) is 0 Å². The van der Waals surface area contributed by atoms with E-state index in [-0.39, 0.29) is 5.92 Å². The van der Waals surface area contributed by atoms with Crippen LogP contribution < -0.4 is 4.74 Å². The summed E-state index contributed by atoms with van der Waals surface area (Å²) in [6.07, 6.45) is 1.96. The van der Waals surface area contributed by atoms with Gasteiger partial charge in [0.05, 0.1) is 23.4 Å². The maximum atomic E-state index is 9.45. The van der Waals surface area contributed by atoms with Crippen molar-refractivity contribution in [2.75, 3.05) is 6.61 Å². The lowest BCUT2D eigenvalue weighted by Gasteiger charge is -2.09. The topological polar surface area (TPSA) is 50.3 Å². The molecule has 126 valence electrons. The molecule has 25 heavy (non-hydrogen) atoms. The normalized spacial score (nSPS) is 11.9. The van der Waals surface area contributed by atoms with Crippen LogP contribution in [-0.2, 0) is 0 Å². The van der Waals surface area contributed by atoms with Crippen LogP contribution >= 0.6 is 0 Å². The van der Waals surface area contributed by atoms with Gasteiger partial charge in [-0.25, -0.2) is 4.98 Å². The number of aromatic nitrogens is 2. The van der Waals surface area contributed by atoms with Crippen LogP contribution in [0.15, 0.2) is 54.7 Å². The third-order valence-corrected chi connectivity index (χ3v) is 4.10. The highest BCUT2D eigenvalue weighted by atomic mass is 16.5. The third-order valence-electron chi connectivity index (χ3n) is 4.10. The van der Waals surface area contributed by atoms with E-state index in [4.69, 9.17) is 9.72 Å². The van der Waals surface area contributed by atoms with Crippen molar-refractivity contribution in [3.63, 3.8) is 0 Å². The molecular weight excluding hydrogens is 310 g/mol. The summed E-state index contributed by atoms with van der Waals surface area (Å²) in [5.41, 5.74) is 5.68. The molecule has 0 spiro atoms. The summed E-state index contributed by atoms with van der Waals surface area (Å²) in [6, 6.07) is 14.2. The fourth-order valence-electron chi connectivity index (χ4n) is 2.83. The Kier molecular flexibility index (Phi) is 4.58. The summed E-state index contributed by atoms with van der Waals surface area (Å²) in [4.78, 5) is 4.81. The average molecular weight is 331 g/mol. The number of ether oxygens (including phenoxy) is 1. The molecule has 0 aliphatic heterocycles. The Bertz CT molecular complexity index is 961. The predicted octanol–water partition coefficient (Wildman–Crippen LogP) is 4.89. The van der Waals surface area contributed by atoms with E-state index >= 15 is 0 Å². The zero-order valence-corrected chi connectivity index (χ0v) is 14.8. The molecule has 0 fully saturated rings. The number of pyridine rings is 1. The molecule has 3 aromatic rings. The number of fused-ring (bicyclic) bond motifs is 1. The molecule has 0 bridgehead atoms. The van der Waals surface area contributed by atoms with Gasteiger partial charge in [0.2, 0.25) is 0 Å².